The molecule has 0 amide bonds. The summed E-state index contributed by atoms with van der Waals surface area (Å²) >= 11 is 0. The smallest absolute Gasteiger partial charge is 0.123 e. The SMILES string of the molecule is Fc1ccc(CC2(CC[C@@H]3CC3c3ccccc3)CCNCC2)cc1. The van der Waals surface area contributed by atoms with Gasteiger partial charge in [-0.3, -0.25) is 0 Å². The van der Waals surface area contributed by atoms with E-state index in [9.17, 15) is 4.39 Å². The van der Waals surface area contributed by atoms with Crippen molar-refractivity contribution < 1.29 is 4.39 Å². The maximum atomic E-state index is 13.2. The molecule has 1 saturated carbocycles. The highest BCUT2D eigenvalue weighted by atomic mass is 19.1. The van der Waals surface area contributed by atoms with Crippen molar-refractivity contribution in [1.82, 2.24) is 5.32 Å². The average Bonchev–Trinajstić information content (AvgIpc) is 3.44. The van der Waals surface area contributed by atoms with E-state index in [1.165, 1.54) is 43.2 Å². The topological polar surface area (TPSA) is 12.0 Å². The molecule has 0 spiro atoms. The number of halogens is 1. The van der Waals surface area contributed by atoms with Gasteiger partial charge in [-0.2, -0.15) is 0 Å². The summed E-state index contributed by atoms with van der Waals surface area (Å²) in [6.45, 7) is 2.24. The van der Waals surface area contributed by atoms with Crippen LogP contribution in [-0.4, -0.2) is 13.1 Å². The van der Waals surface area contributed by atoms with Gasteiger partial charge in [-0.15, -0.1) is 0 Å². The van der Waals surface area contributed by atoms with Crippen molar-refractivity contribution in [3.05, 3.63) is 71.5 Å². The standard InChI is InChI=1S/C23H28FN/c24-21-8-6-18(7-9-21)17-23(12-14-25-15-13-23)11-10-20-16-22(20)19-4-2-1-3-5-19/h1-9,20,22,25H,10-17H2/t20-,22?/m1/s1. The summed E-state index contributed by atoms with van der Waals surface area (Å²) < 4.78 is 13.2. The molecule has 1 aliphatic carbocycles. The van der Waals surface area contributed by atoms with E-state index < -0.39 is 0 Å². The Labute approximate surface area is 150 Å². The number of rotatable bonds is 6. The first-order valence-electron chi connectivity index (χ1n) is 9.74. The molecule has 2 aromatic rings. The van der Waals surface area contributed by atoms with E-state index >= 15 is 0 Å². The molecule has 4 rings (SSSR count). The van der Waals surface area contributed by atoms with E-state index in [4.69, 9.17) is 0 Å². The third-order valence-corrected chi connectivity index (χ3v) is 6.35. The molecule has 1 unspecified atom stereocenters. The lowest BCUT2D eigenvalue weighted by Gasteiger charge is -2.38. The number of hydrogen-bond acceptors (Lipinski definition) is 1. The molecule has 25 heavy (non-hydrogen) atoms. The van der Waals surface area contributed by atoms with E-state index in [0.717, 1.165) is 31.3 Å². The number of benzene rings is 2. The molecule has 2 aliphatic rings. The molecule has 2 heteroatoms. The van der Waals surface area contributed by atoms with Crippen LogP contribution in [0.3, 0.4) is 0 Å². The van der Waals surface area contributed by atoms with E-state index in [0.29, 0.717) is 5.41 Å². The summed E-state index contributed by atoms with van der Waals surface area (Å²) in [6, 6.07) is 18.2. The third kappa shape index (κ3) is 4.12. The Morgan fingerprint density at radius 3 is 2.40 bits per heavy atom. The number of piperidine rings is 1. The van der Waals surface area contributed by atoms with E-state index in [-0.39, 0.29) is 5.82 Å². The largest absolute Gasteiger partial charge is 0.317 e. The summed E-state index contributed by atoms with van der Waals surface area (Å²) in [5.74, 6) is 1.51. The number of hydrogen-bond donors (Lipinski definition) is 1. The molecule has 2 atom stereocenters. The lowest BCUT2D eigenvalue weighted by molar-refractivity contribution is 0.175. The van der Waals surface area contributed by atoms with Crippen LogP contribution in [0.4, 0.5) is 4.39 Å². The predicted molar refractivity (Wildman–Crippen MR) is 101 cm³/mol. The van der Waals surface area contributed by atoms with Gasteiger partial charge in [0, 0.05) is 0 Å². The first-order chi connectivity index (χ1) is 12.2. The fraction of sp³-hybridized carbons (Fsp3) is 0.478. The molecule has 1 saturated heterocycles. The highest BCUT2D eigenvalue weighted by molar-refractivity contribution is 5.25. The van der Waals surface area contributed by atoms with Crippen LogP contribution in [0.15, 0.2) is 54.6 Å². The zero-order valence-electron chi connectivity index (χ0n) is 14.9. The Morgan fingerprint density at radius 2 is 1.68 bits per heavy atom. The maximum Gasteiger partial charge on any atom is 0.123 e. The van der Waals surface area contributed by atoms with Gasteiger partial charge >= 0.3 is 0 Å². The summed E-state index contributed by atoms with van der Waals surface area (Å²) in [6.07, 6.45) is 7.58. The quantitative estimate of drug-likeness (QED) is 0.752. The van der Waals surface area contributed by atoms with Crippen LogP contribution in [-0.2, 0) is 6.42 Å². The first kappa shape index (κ1) is 16.8. The van der Waals surface area contributed by atoms with E-state index in [1.54, 1.807) is 12.1 Å². The zero-order chi connectivity index (χ0) is 17.1. The molecular formula is C23H28FN. The summed E-state index contributed by atoms with van der Waals surface area (Å²) in [5, 5.41) is 3.51. The second-order valence-corrected chi connectivity index (χ2v) is 8.10. The molecule has 0 aromatic heterocycles. The molecule has 1 heterocycles. The fourth-order valence-corrected chi connectivity index (χ4v) is 4.67. The average molecular weight is 337 g/mol. The van der Waals surface area contributed by atoms with Gasteiger partial charge in [0.2, 0.25) is 0 Å². The van der Waals surface area contributed by atoms with Crippen LogP contribution >= 0.6 is 0 Å². The van der Waals surface area contributed by atoms with Gasteiger partial charge in [0.25, 0.3) is 0 Å². The molecule has 2 aromatic carbocycles. The second-order valence-electron chi connectivity index (χ2n) is 8.10. The monoisotopic (exact) mass is 337 g/mol. The lowest BCUT2D eigenvalue weighted by atomic mass is 9.70. The van der Waals surface area contributed by atoms with Crippen LogP contribution in [0.5, 0.6) is 0 Å². The summed E-state index contributed by atoms with van der Waals surface area (Å²) in [7, 11) is 0. The highest BCUT2D eigenvalue weighted by Crippen LogP contribution is 2.52. The Balaban J connectivity index is 1.39. The molecule has 1 aliphatic heterocycles. The van der Waals surface area contributed by atoms with E-state index in [2.05, 4.69) is 35.6 Å². The predicted octanol–water partition coefficient (Wildman–Crippen LogP) is 5.32. The van der Waals surface area contributed by atoms with Crippen molar-refractivity contribution in [3.63, 3.8) is 0 Å². The lowest BCUT2D eigenvalue weighted by Crippen LogP contribution is -2.38. The number of nitrogens with one attached hydrogen (secondary N) is 1. The van der Waals surface area contributed by atoms with Crippen molar-refractivity contribution in [2.24, 2.45) is 11.3 Å². The van der Waals surface area contributed by atoms with Crippen LogP contribution < -0.4 is 5.32 Å². The molecule has 1 N–H and O–H groups in total. The Morgan fingerprint density at radius 1 is 0.960 bits per heavy atom. The van der Waals surface area contributed by atoms with Crippen molar-refractivity contribution in [2.45, 2.75) is 44.4 Å². The van der Waals surface area contributed by atoms with Gasteiger partial charge in [0.15, 0.2) is 0 Å². The van der Waals surface area contributed by atoms with Crippen molar-refractivity contribution in [3.8, 4) is 0 Å². The zero-order valence-corrected chi connectivity index (χ0v) is 14.9. The minimum absolute atomic E-state index is 0.133. The molecule has 132 valence electrons. The van der Waals surface area contributed by atoms with Gasteiger partial charge in [-0.05, 0) is 92.1 Å². The van der Waals surface area contributed by atoms with Crippen molar-refractivity contribution >= 4 is 0 Å². The van der Waals surface area contributed by atoms with Gasteiger partial charge < -0.3 is 5.32 Å². The minimum atomic E-state index is -0.133. The molecule has 1 nitrogen and oxygen atoms in total. The third-order valence-electron chi connectivity index (χ3n) is 6.35. The molecule has 2 fully saturated rings. The summed E-state index contributed by atoms with van der Waals surface area (Å²) in [4.78, 5) is 0. The Bertz CT molecular complexity index is 673. The van der Waals surface area contributed by atoms with E-state index in [1.807, 2.05) is 12.1 Å². The Hall–Kier alpha value is -1.67. The molecule has 0 bridgehead atoms. The summed E-state index contributed by atoms with van der Waals surface area (Å²) in [5.41, 5.74) is 3.21. The fourth-order valence-electron chi connectivity index (χ4n) is 4.67. The van der Waals surface area contributed by atoms with Gasteiger partial charge in [0.05, 0.1) is 0 Å². The van der Waals surface area contributed by atoms with Crippen LogP contribution in [0.2, 0.25) is 0 Å². The highest BCUT2D eigenvalue weighted by Gasteiger charge is 2.40. The van der Waals surface area contributed by atoms with Gasteiger partial charge in [-0.1, -0.05) is 42.5 Å². The Kier molecular flexibility index (Phi) is 4.89. The van der Waals surface area contributed by atoms with Crippen LogP contribution in [0, 0.1) is 17.2 Å². The van der Waals surface area contributed by atoms with Crippen LogP contribution in [0.1, 0.15) is 49.1 Å². The van der Waals surface area contributed by atoms with Gasteiger partial charge in [-0.25, -0.2) is 4.39 Å². The molecular weight excluding hydrogens is 309 g/mol. The first-order valence-corrected chi connectivity index (χ1v) is 9.74. The van der Waals surface area contributed by atoms with Crippen molar-refractivity contribution in [2.75, 3.05) is 13.1 Å². The molecule has 0 radical (unpaired) electrons. The van der Waals surface area contributed by atoms with Gasteiger partial charge in [0.1, 0.15) is 5.82 Å². The maximum absolute atomic E-state index is 13.2. The van der Waals surface area contributed by atoms with Crippen molar-refractivity contribution in [1.29, 1.82) is 0 Å². The second kappa shape index (κ2) is 7.29. The normalized spacial score (nSPS) is 24.8. The van der Waals surface area contributed by atoms with Crippen LogP contribution in [0.25, 0.3) is 0 Å². The minimum Gasteiger partial charge on any atom is -0.317 e.